The van der Waals surface area contributed by atoms with E-state index in [1.807, 2.05) is 20.8 Å². The highest BCUT2D eigenvalue weighted by Crippen LogP contribution is 2.20. The van der Waals surface area contributed by atoms with Crippen LogP contribution in [0.4, 0.5) is 0 Å². The van der Waals surface area contributed by atoms with Crippen LogP contribution in [0.15, 0.2) is 0 Å². The first kappa shape index (κ1) is 23.9. The molecule has 0 saturated heterocycles. The molecule has 0 spiro atoms. The Bertz CT molecular complexity index is 341. The lowest BCUT2D eigenvalue weighted by Gasteiger charge is -2.18. The zero-order valence-corrected chi connectivity index (χ0v) is 17.0. The first-order valence-electron chi connectivity index (χ1n) is 10.3. The van der Waals surface area contributed by atoms with E-state index in [4.69, 9.17) is 9.47 Å². The molecule has 0 N–H and O–H groups in total. The van der Waals surface area contributed by atoms with Crippen LogP contribution in [0.25, 0.3) is 0 Å². The van der Waals surface area contributed by atoms with Crippen molar-refractivity contribution in [2.75, 3.05) is 13.2 Å². The molecular formula is C21H40O4. The Morgan fingerprint density at radius 2 is 1.20 bits per heavy atom. The molecule has 0 amide bonds. The summed E-state index contributed by atoms with van der Waals surface area (Å²) in [5.74, 6) is 0.292. The Labute approximate surface area is 155 Å². The van der Waals surface area contributed by atoms with Gasteiger partial charge in [-0.3, -0.25) is 9.59 Å². The van der Waals surface area contributed by atoms with Gasteiger partial charge in [-0.1, -0.05) is 65.2 Å². The lowest BCUT2D eigenvalue weighted by atomic mass is 9.90. The fourth-order valence-corrected chi connectivity index (χ4v) is 2.96. The molecule has 4 heteroatoms. The van der Waals surface area contributed by atoms with Crippen LogP contribution in [0.3, 0.4) is 0 Å². The average molecular weight is 357 g/mol. The normalized spacial score (nSPS) is 13.3. The van der Waals surface area contributed by atoms with Gasteiger partial charge in [0.2, 0.25) is 0 Å². The molecular weight excluding hydrogens is 316 g/mol. The Kier molecular flexibility index (Phi) is 15.7. The molecule has 0 aromatic heterocycles. The standard InChI is InChI=1S/C21H40O4/c1-5-24-20(22)17-15-13-11-9-7-8-10-12-14-16-18(3)19(4)21(23)25-6-2/h18-19H,5-17H2,1-4H3. The second-order valence-electron chi connectivity index (χ2n) is 7.04. The third-order valence-electron chi connectivity index (χ3n) is 4.86. The van der Waals surface area contributed by atoms with Gasteiger partial charge in [0.05, 0.1) is 19.1 Å². The number of rotatable bonds is 16. The number of hydrogen-bond donors (Lipinski definition) is 0. The van der Waals surface area contributed by atoms with Crippen LogP contribution in [-0.2, 0) is 19.1 Å². The minimum Gasteiger partial charge on any atom is -0.466 e. The number of hydrogen-bond acceptors (Lipinski definition) is 4. The molecule has 0 rings (SSSR count). The molecule has 25 heavy (non-hydrogen) atoms. The summed E-state index contributed by atoms with van der Waals surface area (Å²) in [6, 6.07) is 0. The van der Waals surface area contributed by atoms with Crippen LogP contribution >= 0.6 is 0 Å². The van der Waals surface area contributed by atoms with Crippen molar-refractivity contribution in [1.82, 2.24) is 0 Å². The van der Waals surface area contributed by atoms with Crippen LogP contribution in [0.1, 0.15) is 98.3 Å². The van der Waals surface area contributed by atoms with Gasteiger partial charge in [-0.05, 0) is 32.6 Å². The van der Waals surface area contributed by atoms with Gasteiger partial charge in [-0.15, -0.1) is 0 Å². The predicted octanol–water partition coefficient (Wildman–Crippen LogP) is 5.68. The van der Waals surface area contributed by atoms with Gasteiger partial charge in [0.15, 0.2) is 0 Å². The van der Waals surface area contributed by atoms with Gasteiger partial charge in [0, 0.05) is 6.42 Å². The molecule has 4 nitrogen and oxygen atoms in total. The lowest BCUT2D eigenvalue weighted by Crippen LogP contribution is -2.21. The SMILES string of the molecule is CCOC(=O)CCCCCCCCCCCC(C)C(C)C(=O)OCC. The highest BCUT2D eigenvalue weighted by Gasteiger charge is 2.20. The first-order valence-corrected chi connectivity index (χ1v) is 10.3. The van der Waals surface area contributed by atoms with Crippen LogP contribution in [0.2, 0.25) is 0 Å². The van der Waals surface area contributed by atoms with E-state index < -0.39 is 0 Å². The fraction of sp³-hybridized carbons (Fsp3) is 0.905. The van der Waals surface area contributed by atoms with Crippen LogP contribution < -0.4 is 0 Å². The van der Waals surface area contributed by atoms with Crippen molar-refractivity contribution in [1.29, 1.82) is 0 Å². The van der Waals surface area contributed by atoms with Gasteiger partial charge < -0.3 is 9.47 Å². The molecule has 0 fully saturated rings. The van der Waals surface area contributed by atoms with Crippen molar-refractivity contribution in [2.24, 2.45) is 11.8 Å². The van der Waals surface area contributed by atoms with Gasteiger partial charge >= 0.3 is 11.9 Å². The zero-order chi connectivity index (χ0) is 18.9. The quantitative estimate of drug-likeness (QED) is 0.264. The summed E-state index contributed by atoms with van der Waals surface area (Å²) in [5, 5.41) is 0. The van der Waals surface area contributed by atoms with Crippen molar-refractivity contribution in [3.05, 3.63) is 0 Å². The molecule has 2 unspecified atom stereocenters. The largest absolute Gasteiger partial charge is 0.466 e. The summed E-state index contributed by atoms with van der Waals surface area (Å²) in [5.41, 5.74) is 0. The van der Waals surface area contributed by atoms with E-state index in [9.17, 15) is 9.59 Å². The van der Waals surface area contributed by atoms with E-state index in [1.165, 1.54) is 44.9 Å². The monoisotopic (exact) mass is 356 g/mol. The smallest absolute Gasteiger partial charge is 0.308 e. The van der Waals surface area contributed by atoms with Gasteiger partial charge in [-0.2, -0.15) is 0 Å². The van der Waals surface area contributed by atoms with Crippen LogP contribution in [-0.4, -0.2) is 25.2 Å². The summed E-state index contributed by atoms with van der Waals surface area (Å²) in [6.45, 7) is 8.79. The van der Waals surface area contributed by atoms with Crippen molar-refractivity contribution in [3.8, 4) is 0 Å². The summed E-state index contributed by atoms with van der Waals surface area (Å²) < 4.78 is 10.0. The molecule has 0 aliphatic rings. The molecule has 0 saturated carbocycles. The highest BCUT2D eigenvalue weighted by atomic mass is 16.5. The van der Waals surface area contributed by atoms with E-state index in [-0.39, 0.29) is 17.9 Å². The predicted molar refractivity (Wildman–Crippen MR) is 102 cm³/mol. The van der Waals surface area contributed by atoms with Crippen molar-refractivity contribution < 1.29 is 19.1 Å². The molecule has 0 aromatic rings. The molecule has 148 valence electrons. The van der Waals surface area contributed by atoms with Crippen molar-refractivity contribution in [2.45, 2.75) is 98.3 Å². The maximum atomic E-state index is 11.7. The Morgan fingerprint density at radius 1 is 0.720 bits per heavy atom. The number of unbranched alkanes of at least 4 members (excludes halogenated alkanes) is 8. The average Bonchev–Trinajstić information content (AvgIpc) is 2.59. The lowest BCUT2D eigenvalue weighted by molar-refractivity contribution is -0.149. The van der Waals surface area contributed by atoms with Gasteiger partial charge in [-0.25, -0.2) is 0 Å². The fourth-order valence-electron chi connectivity index (χ4n) is 2.96. The van der Waals surface area contributed by atoms with Crippen LogP contribution in [0, 0.1) is 11.8 Å². The van der Waals surface area contributed by atoms with E-state index in [0.717, 1.165) is 19.3 Å². The third kappa shape index (κ3) is 13.9. The van der Waals surface area contributed by atoms with E-state index in [1.54, 1.807) is 0 Å². The Hall–Kier alpha value is -1.06. The van der Waals surface area contributed by atoms with Crippen molar-refractivity contribution >= 4 is 11.9 Å². The topological polar surface area (TPSA) is 52.6 Å². The molecule has 0 heterocycles. The molecule has 2 atom stereocenters. The minimum absolute atomic E-state index is 0.00885. The molecule has 0 aromatic carbocycles. The van der Waals surface area contributed by atoms with Gasteiger partial charge in [0.1, 0.15) is 0 Å². The van der Waals surface area contributed by atoms with E-state index in [2.05, 4.69) is 6.92 Å². The number of esters is 2. The maximum absolute atomic E-state index is 11.7. The first-order chi connectivity index (χ1) is 12.0. The summed E-state index contributed by atoms with van der Waals surface area (Å²) in [4.78, 5) is 22.9. The second kappa shape index (κ2) is 16.4. The molecule has 0 bridgehead atoms. The maximum Gasteiger partial charge on any atom is 0.308 e. The second-order valence-corrected chi connectivity index (χ2v) is 7.04. The van der Waals surface area contributed by atoms with Crippen LogP contribution in [0.5, 0.6) is 0 Å². The van der Waals surface area contributed by atoms with E-state index in [0.29, 0.717) is 25.6 Å². The minimum atomic E-state index is -0.0611. The van der Waals surface area contributed by atoms with Gasteiger partial charge in [0.25, 0.3) is 0 Å². The highest BCUT2D eigenvalue weighted by molar-refractivity contribution is 5.72. The van der Waals surface area contributed by atoms with E-state index >= 15 is 0 Å². The summed E-state index contributed by atoms with van der Waals surface area (Å²) in [7, 11) is 0. The number of ether oxygens (including phenoxy) is 2. The molecule has 0 radical (unpaired) electrons. The summed E-state index contributed by atoms with van der Waals surface area (Å²) in [6.07, 6.45) is 12.5. The van der Waals surface area contributed by atoms with Crippen molar-refractivity contribution in [3.63, 3.8) is 0 Å². The summed E-state index contributed by atoms with van der Waals surface area (Å²) >= 11 is 0. The third-order valence-corrected chi connectivity index (χ3v) is 4.86. The Balaban J connectivity index is 3.38. The number of carbonyl (C=O) groups is 2. The molecule has 0 aliphatic heterocycles. The zero-order valence-electron chi connectivity index (χ0n) is 17.0. The number of carbonyl (C=O) groups excluding carboxylic acids is 2. The molecule has 0 aliphatic carbocycles. The Morgan fingerprint density at radius 3 is 1.72 bits per heavy atom.